The number of aliphatic carboxylic acids is 1. The van der Waals surface area contributed by atoms with E-state index in [9.17, 15) is 14.7 Å². The highest BCUT2D eigenvalue weighted by molar-refractivity contribution is 5.95. The van der Waals surface area contributed by atoms with Crippen molar-refractivity contribution in [1.29, 1.82) is 0 Å². The van der Waals surface area contributed by atoms with Crippen molar-refractivity contribution in [2.45, 2.75) is 32.6 Å². The second-order valence-electron chi connectivity index (χ2n) is 6.00. The number of ether oxygens (including phenoxy) is 2. The first-order valence-corrected chi connectivity index (χ1v) is 7.72. The molecular weight excluding hydrogens is 298 g/mol. The number of methoxy groups -OCH3 is 1. The zero-order chi connectivity index (χ0) is 16.9. The van der Waals surface area contributed by atoms with Gasteiger partial charge in [0.15, 0.2) is 0 Å². The molecule has 0 saturated heterocycles. The van der Waals surface area contributed by atoms with E-state index in [1.165, 1.54) is 0 Å². The molecule has 0 spiro atoms. The topological polar surface area (TPSA) is 84.9 Å². The highest BCUT2D eigenvalue weighted by Crippen LogP contribution is 2.44. The van der Waals surface area contributed by atoms with E-state index in [0.717, 1.165) is 12.0 Å². The summed E-state index contributed by atoms with van der Waals surface area (Å²) < 4.78 is 10.6. The number of rotatable bonds is 8. The summed E-state index contributed by atoms with van der Waals surface area (Å²) in [6, 6.07) is 5.47. The highest BCUT2D eigenvalue weighted by atomic mass is 16.5. The van der Waals surface area contributed by atoms with Gasteiger partial charge in [0.2, 0.25) is 5.91 Å². The van der Waals surface area contributed by atoms with E-state index in [1.54, 1.807) is 13.2 Å². The van der Waals surface area contributed by atoms with E-state index in [-0.39, 0.29) is 12.3 Å². The van der Waals surface area contributed by atoms with Crippen LogP contribution >= 0.6 is 0 Å². The van der Waals surface area contributed by atoms with Crippen LogP contribution in [0.4, 0.5) is 5.69 Å². The van der Waals surface area contributed by atoms with E-state index in [4.69, 9.17) is 9.47 Å². The summed E-state index contributed by atoms with van der Waals surface area (Å²) in [6.45, 7) is 2.76. The molecule has 0 bridgehead atoms. The molecule has 23 heavy (non-hydrogen) atoms. The van der Waals surface area contributed by atoms with Gasteiger partial charge >= 0.3 is 5.97 Å². The molecule has 1 fully saturated rings. The van der Waals surface area contributed by atoms with E-state index >= 15 is 0 Å². The molecule has 0 radical (unpaired) electrons. The lowest BCUT2D eigenvalue weighted by Gasteiger charge is -2.36. The maximum Gasteiger partial charge on any atom is 0.310 e. The van der Waals surface area contributed by atoms with Crippen LogP contribution in [0.25, 0.3) is 0 Å². The number of hydrogen-bond donors (Lipinski definition) is 2. The summed E-state index contributed by atoms with van der Waals surface area (Å²) in [7, 11) is 1.59. The Morgan fingerprint density at radius 3 is 2.61 bits per heavy atom. The van der Waals surface area contributed by atoms with E-state index < -0.39 is 11.4 Å². The first-order chi connectivity index (χ1) is 11.0. The lowest BCUT2D eigenvalue weighted by atomic mass is 9.66. The van der Waals surface area contributed by atoms with Gasteiger partial charge in [0.1, 0.15) is 12.4 Å². The Kier molecular flexibility index (Phi) is 5.60. The Labute approximate surface area is 135 Å². The van der Waals surface area contributed by atoms with Gasteiger partial charge in [-0.2, -0.15) is 0 Å². The fourth-order valence-electron chi connectivity index (χ4n) is 2.66. The third-order valence-corrected chi connectivity index (χ3v) is 4.22. The predicted molar refractivity (Wildman–Crippen MR) is 85.7 cm³/mol. The Bertz CT molecular complexity index is 580. The first kappa shape index (κ1) is 17.3. The number of carbonyl (C=O) groups excluding carboxylic acids is 1. The van der Waals surface area contributed by atoms with Crippen LogP contribution in [-0.4, -0.2) is 37.3 Å². The number of benzene rings is 1. The minimum absolute atomic E-state index is 0.00623. The normalized spacial score (nSPS) is 15.6. The molecule has 2 rings (SSSR count). The molecule has 0 atom stereocenters. The van der Waals surface area contributed by atoms with Crippen molar-refractivity contribution in [3.05, 3.63) is 23.8 Å². The van der Waals surface area contributed by atoms with Gasteiger partial charge in [-0.3, -0.25) is 9.59 Å². The Morgan fingerprint density at radius 1 is 1.30 bits per heavy atom. The van der Waals surface area contributed by atoms with Crippen LogP contribution in [0.15, 0.2) is 18.2 Å². The smallest absolute Gasteiger partial charge is 0.310 e. The summed E-state index contributed by atoms with van der Waals surface area (Å²) in [6.07, 6.45) is 1.96. The molecule has 1 aromatic carbocycles. The van der Waals surface area contributed by atoms with Gasteiger partial charge in [0.25, 0.3) is 0 Å². The number of aryl methyl sites for hydroxylation is 1. The third kappa shape index (κ3) is 4.22. The molecule has 1 saturated carbocycles. The van der Waals surface area contributed by atoms with Gasteiger partial charge in [0.05, 0.1) is 17.7 Å². The molecule has 6 heteroatoms. The van der Waals surface area contributed by atoms with Crippen LogP contribution in [-0.2, 0) is 14.3 Å². The van der Waals surface area contributed by atoms with Crippen LogP contribution in [0.2, 0.25) is 0 Å². The van der Waals surface area contributed by atoms with Crippen LogP contribution in [0.3, 0.4) is 0 Å². The third-order valence-electron chi connectivity index (χ3n) is 4.22. The average molecular weight is 321 g/mol. The maximum atomic E-state index is 12.2. The molecule has 1 aromatic rings. The predicted octanol–water partition coefficient (Wildman–Crippen LogP) is 2.60. The molecule has 1 aliphatic rings. The number of nitrogens with one attached hydrogen (secondary N) is 1. The second kappa shape index (κ2) is 7.46. The number of carbonyl (C=O) groups is 2. The van der Waals surface area contributed by atoms with Crippen LogP contribution in [0, 0.1) is 12.3 Å². The lowest BCUT2D eigenvalue weighted by molar-refractivity contribution is -0.157. The molecule has 0 unspecified atom stereocenters. The van der Waals surface area contributed by atoms with Gasteiger partial charge in [-0.05, 0) is 37.5 Å². The number of anilines is 1. The van der Waals surface area contributed by atoms with E-state index in [0.29, 0.717) is 37.5 Å². The molecule has 1 amide bonds. The molecule has 2 N–H and O–H groups in total. The monoisotopic (exact) mass is 321 g/mol. The van der Waals surface area contributed by atoms with Gasteiger partial charge in [-0.1, -0.05) is 12.5 Å². The summed E-state index contributed by atoms with van der Waals surface area (Å²) in [5.74, 6) is -0.625. The van der Waals surface area contributed by atoms with E-state index in [2.05, 4.69) is 5.32 Å². The largest absolute Gasteiger partial charge is 0.489 e. The Balaban J connectivity index is 2.03. The standard InChI is InChI=1S/C17H23NO5/c1-12-4-5-13(14(10-12)23-9-8-22-2)18-15(19)11-17(16(20)21)6-3-7-17/h4-5,10H,3,6-9,11H2,1-2H3,(H,18,19)(H,20,21). The van der Waals surface area contributed by atoms with Crippen molar-refractivity contribution >= 4 is 17.6 Å². The number of amides is 1. The Morgan fingerprint density at radius 2 is 2.04 bits per heavy atom. The molecule has 6 nitrogen and oxygen atoms in total. The number of carboxylic acids is 1. The first-order valence-electron chi connectivity index (χ1n) is 7.72. The average Bonchev–Trinajstić information content (AvgIpc) is 2.45. The SMILES string of the molecule is COCCOc1cc(C)ccc1NC(=O)CC1(C(=O)O)CCC1. The van der Waals surface area contributed by atoms with Crippen molar-refractivity contribution < 1.29 is 24.2 Å². The van der Waals surface area contributed by atoms with Crippen LogP contribution < -0.4 is 10.1 Å². The summed E-state index contributed by atoms with van der Waals surface area (Å²) in [4.78, 5) is 23.6. The van der Waals surface area contributed by atoms with Gasteiger partial charge in [0, 0.05) is 13.5 Å². The molecule has 0 aromatic heterocycles. The zero-order valence-electron chi connectivity index (χ0n) is 13.6. The molecule has 1 aliphatic carbocycles. The van der Waals surface area contributed by atoms with Gasteiger partial charge in [-0.25, -0.2) is 0 Å². The number of hydrogen-bond acceptors (Lipinski definition) is 4. The van der Waals surface area contributed by atoms with Crippen LogP contribution in [0.5, 0.6) is 5.75 Å². The summed E-state index contributed by atoms with van der Waals surface area (Å²) in [5, 5.41) is 12.1. The fraction of sp³-hybridized carbons (Fsp3) is 0.529. The quantitative estimate of drug-likeness (QED) is 0.719. The van der Waals surface area contributed by atoms with Crippen molar-refractivity contribution in [1.82, 2.24) is 0 Å². The van der Waals surface area contributed by atoms with Crippen molar-refractivity contribution in [2.75, 3.05) is 25.6 Å². The molecule has 126 valence electrons. The van der Waals surface area contributed by atoms with Crippen molar-refractivity contribution in [3.8, 4) is 5.75 Å². The molecule has 0 heterocycles. The Hall–Kier alpha value is -2.08. The minimum Gasteiger partial charge on any atom is -0.489 e. The fourth-order valence-corrected chi connectivity index (χ4v) is 2.66. The van der Waals surface area contributed by atoms with Gasteiger partial charge < -0.3 is 19.9 Å². The van der Waals surface area contributed by atoms with Gasteiger partial charge in [-0.15, -0.1) is 0 Å². The maximum absolute atomic E-state index is 12.2. The molecular formula is C17H23NO5. The van der Waals surface area contributed by atoms with Crippen molar-refractivity contribution in [3.63, 3.8) is 0 Å². The summed E-state index contributed by atoms with van der Waals surface area (Å²) >= 11 is 0. The summed E-state index contributed by atoms with van der Waals surface area (Å²) in [5.41, 5.74) is 0.666. The minimum atomic E-state index is -0.897. The molecule has 0 aliphatic heterocycles. The zero-order valence-corrected chi connectivity index (χ0v) is 13.6. The number of carboxylic acid groups (broad SMARTS) is 1. The highest BCUT2D eigenvalue weighted by Gasteiger charge is 2.45. The van der Waals surface area contributed by atoms with E-state index in [1.807, 2.05) is 19.1 Å². The lowest BCUT2D eigenvalue weighted by Crippen LogP contribution is -2.41. The second-order valence-corrected chi connectivity index (χ2v) is 6.00. The van der Waals surface area contributed by atoms with Crippen LogP contribution in [0.1, 0.15) is 31.2 Å². The van der Waals surface area contributed by atoms with Crippen molar-refractivity contribution in [2.24, 2.45) is 5.41 Å².